The molecule has 0 aromatic heterocycles. The SMILES string of the molecule is CCC[SiH2]CC(O)CO. The molecule has 0 aromatic rings. The van der Waals surface area contributed by atoms with E-state index in [1.807, 2.05) is 0 Å². The molecule has 56 valence electrons. The van der Waals surface area contributed by atoms with Crippen LogP contribution in [-0.4, -0.2) is 32.4 Å². The summed E-state index contributed by atoms with van der Waals surface area (Å²) in [6.07, 6.45) is 0.799. The van der Waals surface area contributed by atoms with E-state index in [0.717, 1.165) is 6.04 Å². The molecule has 0 bridgehead atoms. The molecule has 0 aliphatic carbocycles. The van der Waals surface area contributed by atoms with Crippen LogP contribution in [0.4, 0.5) is 0 Å². The second-order valence-corrected chi connectivity index (χ2v) is 4.32. The number of aliphatic hydroxyl groups excluding tert-OH is 2. The number of rotatable bonds is 5. The minimum Gasteiger partial charge on any atom is -0.394 e. The Bertz CT molecular complexity index is 59.0. The fourth-order valence-electron chi connectivity index (χ4n) is 0.721. The summed E-state index contributed by atoms with van der Waals surface area (Å²) in [6.45, 7) is 2.09. The Kier molecular flexibility index (Phi) is 6.35. The van der Waals surface area contributed by atoms with E-state index in [4.69, 9.17) is 10.2 Å². The van der Waals surface area contributed by atoms with Crippen LogP contribution in [-0.2, 0) is 0 Å². The zero-order valence-electron chi connectivity index (χ0n) is 6.01. The average molecular weight is 148 g/mol. The van der Waals surface area contributed by atoms with Crippen molar-refractivity contribution < 1.29 is 10.2 Å². The quantitative estimate of drug-likeness (QED) is 0.417. The molecule has 0 spiro atoms. The zero-order valence-corrected chi connectivity index (χ0v) is 7.42. The van der Waals surface area contributed by atoms with Crippen molar-refractivity contribution in [3.63, 3.8) is 0 Å². The summed E-state index contributed by atoms with van der Waals surface area (Å²) >= 11 is 0. The molecule has 0 fully saturated rings. The van der Waals surface area contributed by atoms with Crippen LogP contribution in [0.5, 0.6) is 0 Å². The van der Waals surface area contributed by atoms with Crippen LogP contribution in [0, 0.1) is 0 Å². The van der Waals surface area contributed by atoms with E-state index < -0.39 is 6.10 Å². The Balaban J connectivity index is 2.88. The lowest BCUT2D eigenvalue weighted by Gasteiger charge is -2.03. The third-order valence-electron chi connectivity index (χ3n) is 1.35. The second kappa shape index (κ2) is 6.26. The molecule has 0 radical (unpaired) electrons. The minimum absolute atomic E-state index is 0.0572. The Hall–Kier alpha value is 0.137. The molecule has 3 heteroatoms. The lowest BCUT2D eigenvalue weighted by molar-refractivity contribution is 0.110. The molecular formula is C6H16O2Si. The Morgan fingerprint density at radius 3 is 2.67 bits per heavy atom. The molecule has 2 N–H and O–H groups in total. The van der Waals surface area contributed by atoms with Crippen molar-refractivity contribution in [2.75, 3.05) is 6.61 Å². The van der Waals surface area contributed by atoms with Gasteiger partial charge in [-0.05, 0) is 6.04 Å². The van der Waals surface area contributed by atoms with Crippen LogP contribution < -0.4 is 0 Å². The monoisotopic (exact) mass is 148 g/mol. The van der Waals surface area contributed by atoms with Gasteiger partial charge < -0.3 is 10.2 Å². The molecule has 1 atom stereocenters. The fraction of sp³-hybridized carbons (Fsp3) is 1.00. The standard InChI is InChI=1S/C6H16O2Si/c1-2-3-9-5-6(8)4-7/h6-8H,2-5,9H2,1H3. The first-order valence-electron chi connectivity index (χ1n) is 3.60. The smallest absolute Gasteiger partial charge is 0.0742 e. The molecule has 0 aliphatic rings. The van der Waals surface area contributed by atoms with Crippen LogP contribution in [0.2, 0.25) is 12.1 Å². The zero-order chi connectivity index (χ0) is 7.11. The van der Waals surface area contributed by atoms with Gasteiger partial charge in [0.15, 0.2) is 0 Å². The molecule has 1 unspecified atom stereocenters. The summed E-state index contributed by atoms with van der Waals surface area (Å²) in [6, 6.07) is 2.17. The maximum atomic E-state index is 8.87. The summed E-state index contributed by atoms with van der Waals surface area (Å²) in [5.41, 5.74) is 0. The molecule has 0 rings (SSSR count). The fourth-order valence-corrected chi connectivity index (χ4v) is 2.16. The molecular weight excluding hydrogens is 132 g/mol. The van der Waals surface area contributed by atoms with Crippen molar-refractivity contribution >= 4 is 9.52 Å². The highest BCUT2D eigenvalue weighted by molar-refractivity contribution is 6.35. The van der Waals surface area contributed by atoms with Gasteiger partial charge in [-0.25, -0.2) is 0 Å². The highest BCUT2D eigenvalue weighted by Crippen LogP contribution is 1.94. The Morgan fingerprint density at radius 1 is 1.56 bits per heavy atom. The first kappa shape index (κ1) is 9.14. The number of aliphatic hydroxyl groups is 2. The highest BCUT2D eigenvalue weighted by atomic mass is 28.2. The van der Waals surface area contributed by atoms with Gasteiger partial charge in [-0.2, -0.15) is 0 Å². The van der Waals surface area contributed by atoms with Gasteiger partial charge in [-0.1, -0.05) is 19.4 Å². The van der Waals surface area contributed by atoms with Gasteiger partial charge in [0.25, 0.3) is 0 Å². The van der Waals surface area contributed by atoms with Gasteiger partial charge in [0.2, 0.25) is 0 Å². The summed E-state index contributed by atoms with van der Waals surface area (Å²) in [4.78, 5) is 0. The lowest BCUT2D eigenvalue weighted by atomic mass is 10.4. The maximum absolute atomic E-state index is 8.87. The predicted octanol–water partition coefficient (Wildman–Crippen LogP) is -0.245. The third kappa shape index (κ3) is 6.02. The van der Waals surface area contributed by atoms with Crippen molar-refractivity contribution in [3.8, 4) is 0 Å². The van der Waals surface area contributed by atoms with Gasteiger partial charge in [0, 0.05) is 9.52 Å². The predicted molar refractivity (Wildman–Crippen MR) is 41.5 cm³/mol. The summed E-state index contributed by atoms with van der Waals surface area (Å²) in [5, 5.41) is 17.3. The summed E-state index contributed by atoms with van der Waals surface area (Å²) in [5.74, 6) is 0. The normalized spacial score (nSPS) is 15.0. The van der Waals surface area contributed by atoms with E-state index in [-0.39, 0.29) is 16.1 Å². The summed E-state index contributed by atoms with van der Waals surface area (Å²) < 4.78 is 0. The molecule has 0 amide bonds. The van der Waals surface area contributed by atoms with Crippen LogP contribution >= 0.6 is 0 Å². The van der Waals surface area contributed by atoms with Crippen molar-refractivity contribution in [1.29, 1.82) is 0 Å². The van der Waals surface area contributed by atoms with E-state index in [0.29, 0.717) is 0 Å². The molecule has 0 heterocycles. The molecule has 0 saturated carbocycles. The van der Waals surface area contributed by atoms with E-state index in [2.05, 4.69) is 6.92 Å². The topological polar surface area (TPSA) is 40.5 Å². The highest BCUT2D eigenvalue weighted by Gasteiger charge is 1.99. The van der Waals surface area contributed by atoms with Gasteiger partial charge in [-0.3, -0.25) is 0 Å². The number of hydrogen-bond donors (Lipinski definition) is 2. The third-order valence-corrected chi connectivity index (χ3v) is 3.63. The van der Waals surface area contributed by atoms with Crippen LogP contribution in [0.15, 0.2) is 0 Å². The van der Waals surface area contributed by atoms with Crippen LogP contribution in [0.3, 0.4) is 0 Å². The first-order valence-corrected chi connectivity index (χ1v) is 5.60. The minimum atomic E-state index is -0.428. The van der Waals surface area contributed by atoms with E-state index in [1.54, 1.807) is 0 Å². The first-order chi connectivity index (χ1) is 4.31. The van der Waals surface area contributed by atoms with Gasteiger partial charge >= 0.3 is 0 Å². The average Bonchev–Trinajstić information content (AvgIpc) is 1.89. The second-order valence-electron chi connectivity index (χ2n) is 2.33. The van der Waals surface area contributed by atoms with E-state index >= 15 is 0 Å². The van der Waals surface area contributed by atoms with Crippen molar-refractivity contribution in [1.82, 2.24) is 0 Å². The van der Waals surface area contributed by atoms with Gasteiger partial charge in [-0.15, -0.1) is 0 Å². The van der Waals surface area contributed by atoms with Crippen LogP contribution in [0.1, 0.15) is 13.3 Å². The van der Waals surface area contributed by atoms with Crippen LogP contribution in [0.25, 0.3) is 0 Å². The molecule has 0 saturated heterocycles. The van der Waals surface area contributed by atoms with Crippen molar-refractivity contribution in [3.05, 3.63) is 0 Å². The summed E-state index contributed by atoms with van der Waals surface area (Å²) in [7, 11) is -0.0572. The Labute approximate surface area is 58.7 Å². The van der Waals surface area contributed by atoms with Gasteiger partial charge in [0.1, 0.15) is 0 Å². The Morgan fingerprint density at radius 2 is 2.22 bits per heavy atom. The van der Waals surface area contributed by atoms with Crippen molar-refractivity contribution in [2.24, 2.45) is 0 Å². The molecule has 0 aromatic carbocycles. The molecule has 9 heavy (non-hydrogen) atoms. The number of hydrogen-bond acceptors (Lipinski definition) is 2. The molecule has 0 aliphatic heterocycles. The largest absolute Gasteiger partial charge is 0.394 e. The van der Waals surface area contributed by atoms with Crippen molar-refractivity contribution in [2.45, 2.75) is 31.5 Å². The maximum Gasteiger partial charge on any atom is 0.0742 e. The van der Waals surface area contributed by atoms with E-state index in [9.17, 15) is 0 Å². The molecule has 2 nitrogen and oxygen atoms in total. The van der Waals surface area contributed by atoms with E-state index in [1.165, 1.54) is 12.5 Å². The van der Waals surface area contributed by atoms with Gasteiger partial charge in [0.05, 0.1) is 12.7 Å². The lowest BCUT2D eigenvalue weighted by Crippen LogP contribution is -2.13.